The number of hydrogen-bond donors (Lipinski definition) is 1. The molecule has 0 aliphatic rings. The van der Waals surface area contributed by atoms with Gasteiger partial charge in [0.2, 0.25) is 0 Å². The molecule has 17 heavy (non-hydrogen) atoms. The Kier molecular flexibility index (Phi) is 4.11. The zero-order valence-corrected chi connectivity index (χ0v) is 9.12. The zero-order chi connectivity index (χ0) is 13.1. The molecular weight excluding hydrogens is 235 g/mol. The molecule has 2 N–H and O–H groups in total. The van der Waals surface area contributed by atoms with E-state index in [0.29, 0.717) is 0 Å². The smallest absolute Gasteiger partial charge is 0.406 e. The molecule has 0 aliphatic carbocycles. The summed E-state index contributed by atoms with van der Waals surface area (Å²) in [7, 11) is 0. The summed E-state index contributed by atoms with van der Waals surface area (Å²) in [6.45, 7) is 1.65. The van der Waals surface area contributed by atoms with Gasteiger partial charge in [0, 0.05) is 18.0 Å². The molecule has 1 unspecified atom stereocenters. The molecule has 0 saturated heterocycles. The van der Waals surface area contributed by atoms with Crippen LogP contribution in [-0.2, 0) is 0 Å². The summed E-state index contributed by atoms with van der Waals surface area (Å²) in [4.78, 5) is 11.6. The fraction of sp³-hybridized carbons (Fsp3) is 0.364. The second kappa shape index (κ2) is 5.18. The van der Waals surface area contributed by atoms with E-state index in [2.05, 4.69) is 4.74 Å². The largest absolute Gasteiger partial charge is 0.573 e. The molecule has 0 bridgehead atoms. The van der Waals surface area contributed by atoms with Crippen molar-refractivity contribution in [3.8, 4) is 5.75 Å². The number of halogens is 3. The molecule has 1 rings (SSSR count). The van der Waals surface area contributed by atoms with E-state index < -0.39 is 12.1 Å². The number of ether oxygens (including phenoxy) is 1. The monoisotopic (exact) mass is 247 g/mol. The van der Waals surface area contributed by atoms with Gasteiger partial charge in [0.1, 0.15) is 5.75 Å². The Morgan fingerprint density at radius 1 is 1.47 bits per heavy atom. The van der Waals surface area contributed by atoms with Gasteiger partial charge in [-0.25, -0.2) is 0 Å². The van der Waals surface area contributed by atoms with Crippen LogP contribution >= 0.6 is 0 Å². The molecule has 6 heteroatoms. The number of carbonyl (C=O) groups excluding carboxylic acids is 1. The van der Waals surface area contributed by atoms with Crippen LogP contribution < -0.4 is 10.5 Å². The molecule has 0 radical (unpaired) electrons. The lowest BCUT2D eigenvalue weighted by atomic mass is 10.1. The third kappa shape index (κ3) is 4.86. The van der Waals surface area contributed by atoms with Crippen LogP contribution in [0.3, 0.4) is 0 Å². The van der Waals surface area contributed by atoms with Crippen molar-refractivity contribution in [3.05, 3.63) is 29.8 Å². The van der Waals surface area contributed by atoms with Crippen LogP contribution in [0.2, 0.25) is 0 Å². The van der Waals surface area contributed by atoms with Crippen LogP contribution in [-0.4, -0.2) is 18.2 Å². The van der Waals surface area contributed by atoms with E-state index in [1.54, 1.807) is 6.92 Å². The molecule has 1 atom stereocenters. The highest BCUT2D eigenvalue weighted by Gasteiger charge is 2.31. The highest BCUT2D eigenvalue weighted by atomic mass is 19.4. The van der Waals surface area contributed by atoms with Crippen molar-refractivity contribution in [2.75, 3.05) is 0 Å². The maximum absolute atomic E-state index is 12.0. The molecular formula is C11H12F3NO2. The van der Waals surface area contributed by atoms with Gasteiger partial charge in [0.05, 0.1) is 0 Å². The molecule has 0 heterocycles. The number of nitrogens with two attached hydrogens (primary N) is 1. The molecule has 0 amide bonds. The van der Waals surface area contributed by atoms with Gasteiger partial charge < -0.3 is 10.5 Å². The van der Waals surface area contributed by atoms with E-state index in [9.17, 15) is 18.0 Å². The van der Waals surface area contributed by atoms with E-state index in [4.69, 9.17) is 5.73 Å². The van der Waals surface area contributed by atoms with Crippen molar-refractivity contribution < 1.29 is 22.7 Å². The molecule has 0 saturated carbocycles. The van der Waals surface area contributed by atoms with Gasteiger partial charge in [-0.05, 0) is 19.1 Å². The lowest BCUT2D eigenvalue weighted by Crippen LogP contribution is -2.20. The molecule has 0 fully saturated rings. The van der Waals surface area contributed by atoms with E-state index in [1.807, 2.05) is 0 Å². The minimum Gasteiger partial charge on any atom is -0.406 e. The highest BCUT2D eigenvalue weighted by Crippen LogP contribution is 2.23. The van der Waals surface area contributed by atoms with Gasteiger partial charge in [-0.15, -0.1) is 13.2 Å². The first-order valence-corrected chi connectivity index (χ1v) is 4.92. The first kappa shape index (κ1) is 13.5. The Morgan fingerprint density at radius 2 is 2.12 bits per heavy atom. The topological polar surface area (TPSA) is 52.3 Å². The summed E-state index contributed by atoms with van der Waals surface area (Å²) in [5, 5.41) is 0. The quantitative estimate of drug-likeness (QED) is 0.832. The van der Waals surface area contributed by atoms with E-state index in [1.165, 1.54) is 12.1 Å². The Hall–Kier alpha value is -1.56. The first-order valence-electron chi connectivity index (χ1n) is 4.92. The van der Waals surface area contributed by atoms with Crippen LogP contribution in [0.4, 0.5) is 13.2 Å². The molecule has 94 valence electrons. The average molecular weight is 247 g/mol. The number of hydrogen-bond acceptors (Lipinski definition) is 3. The predicted octanol–water partition coefficient (Wildman–Crippen LogP) is 2.51. The van der Waals surface area contributed by atoms with Gasteiger partial charge in [-0.1, -0.05) is 12.1 Å². The second-order valence-electron chi connectivity index (χ2n) is 3.68. The van der Waals surface area contributed by atoms with Gasteiger partial charge in [-0.2, -0.15) is 0 Å². The summed E-state index contributed by atoms with van der Waals surface area (Å²) in [6, 6.07) is 4.60. The van der Waals surface area contributed by atoms with E-state index in [0.717, 1.165) is 12.1 Å². The third-order valence-electron chi connectivity index (χ3n) is 1.90. The van der Waals surface area contributed by atoms with Gasteiger partial charge in [-0.3, -0.25) is 4.79 Å². The fourth-order valence-electron chi connectivity index (χ4n) is 1.28. The number of ketones is 1. The summed E-state index contributed by atoms with van der Waals surface area (Å²) >= 11 is 0. The Bertz CT molecular complexity index is 402. The highest BCUT2D eigenvalue weighted by molar-refractivity contribution is 5.96. The first-order chi connectivity index (χ1) is 7.78. The van der Waals surface area contributed by atoms with Crippen molar-refractivity contribution in [3.63, 3.8) is 0 Å². The number of alkyl halides is 3. The number of carbonyl (C=O) groups is 1. The molecule has 1 aromatic carbocycles. The molecule has 0 aromatic heterocycles. The standard InChI is InChI=1S/C11H12F3NO2/c1-7(15)5-10(16)8-3-2-4-9(6-8)17-11(12,13)14/h2-4,6-7H,5,15H2,1H3. The number of benzene rings is 1. The minimum absolute atomic E-state index is 0.0788. The molecule has 0 aliphatic heterocycles. The lowest BCUT2D eigenvalue weighted by Gasteiger charge is -2.10. The fourth-order valence-corrected chi connectivity index (χ4v) is 1.28. The summed E-state index contributed by atoms with van der Waals surface area (Å²) in [6.07, 6.45) is -4.68. The molecule has 1 aromatic rings. The summed E-state index contributed by atoms with van der Waals surface area (Å²) < 4.78 is 39.6. The summed E-state index contributed by atoms with van der Waals surface area (Å²) in [5.74, 6) is -0.722. The minimum atomic E-state index is -4.76. The van der Waals surface area contributed by atoms with Crippen LogP contribution in [0.1, 0.15) is 23.7 Å². The molecule has 3 nitrogen and oxygen atoms in total. The number of Topliss-reactive ketones (excluding diaryl/α,β-unsaturated/α-hetero) is 1. The van der Waals surface area contributed by atoms with Crippen LogP contribution in [0.5, 0.6) is 5.75 Å². The third-order valence-corrected chi connectivity index (χ3v) is 1.90. The normalized spacial score (nSPS) is 13.2. The van der Waals surface area contributed by atoms with Crippen LogP contribution in [0.15, 0.2) is 24.3 Å². The van der Waals surface area contributed by atoms with E-state index in [-0.39, 0.29) is 23.8 Å². The summed E-state index contributed by atoms with van der Waals surface area (Å²) in [5.41, 5.74) is 5.59. The van der Waals surface area contributed by atoms with Crippen molar-refractivity contribution >= 4 is 5.78 Å². The van der Waals surface area contributed by atoms with Crippen molar-refractivity contribution in [1.29, 1.82) is 0 Å². The molecule has 0 spiro atoms. The van der Waals surface area contributed by atoms with Crippen molar-refractivity contribution in [2.24, 2.45) is 5.73 Å². The zero-order valence-electron chi connectivity index (χ0n) is 9.12. The van der Waals surface area contributed by atoms with E-state index >= 15 is 0 Å². The number of rotatable bonds is 4. The average Bonchev–Trinajstić information content (AvgIpc) is 2.14. The van der Waals surface area contributed by atoms with Crippen molar-refractivity contribution in [2.45, 2.75) is 25.7 Å². The lowest BCUT2D eigenvalue weighted by molar-refractivity contribution is -0.274. The van der Waals surface area contributed by atoms with Gasteiger partial charge in [0.15, 0.2) is 5.78 Å². The van der Waals surface area contributed by atoms with Crippen LogP contribution in [0, 0.1) is 0 Å². The Morgan fingerprint density at radius 3 is 2.65 bits per heavy atom. The van der Waals surface area contributed by atoms with Gasteiger partial charge in [0.25, 0.3) is 0 Å². The second-order valence-corrected chi connectivity index (χ2v) is 3.68. The van der Waals surface area contributed by atoms with Gasteiger partial charge >= 0.3 is 6.36 Å². The Balaban J connectivity index is 2.82. The Labute approximate surface area is 96.4 Å². The predicted molar refractivity (Wildman–Crippen MR) is 55.7 cm³/mol. The maximum Gasteiger partial charge on any atom is 0.573 e. The maximum atomic E-state index is 12.0. The van der Waals surface area contributed by atoms with Crippen LogP contribution in [0.25, 0.3) is 0 Å². The van der Waals surface area contributed by atoms with Crippen molar-refractivity contribution in [1.82, 2.24) is 0 Å². The SMILES string of the molecule is CC(N)CC(=O)c1cccc(OC(F)(F)F)c1.